The second-order valence-electron chi connectivity index (χ2n) is 4.42. The van der Waals surface area contributed by atoms with Crippen molar-refractivity contribution in [3.63, 3.8) is 0 Å². The molecule has 2 rings (SSSR count). The highest BCUT2D eigenvalue weighted by Crippen LogP contribution is 2.19. The topological polar surface area (TPSA) is 83.3 Å². The largest absolute Gasteiger partial charge is 0.507 e. The molecule has 23 heavy (non-hydrogen) atoms. The van der Waals surface area contributed by atoms with Gasteiger partial charge in [0.1, 0.15) is 5.75 Å². The molecule has 8 heteroatoms. The number of nitrogens with zero attached hydrogens (tertiary/aromatic N) is 2. The van der Waals surface area contributed by atoms with Crippen LogP contribution in [-0.4, -0.2) is 29.5 Å². The molecule has 0 unspecified atom stereocenters. The van der Waals surface area contributed by atoms with Gasteiger partial charge in [0.2, 0.25) is 0 Å². The van der Waals surface area contributed by atoms with Gasteiger partial charge in [0.15, 0.2) is 6.61 Å². The molecule has 0 fully saturated rings. The number of amides is 1. The second kappa shape index (κ2) is 8.44. The molecular formula is C15H14BrN3O3S. The number of hydrogen-bond donors (Lipinski definition) is 2. The summed E-state index contributed by atoms with van der Waals surface area (Å²) in [5.41, 5.74) is 3.48. The number of hydrogen-bond acceptors (Lipinski definition) is 6. The van der Waals surface area contributed by atoms with Gasteiger partial charge in [-0.15, -0.1) is 11.3 Å². The zero-order valence-corrected chi connectivity index (χ0v) is 14.6. The van der Waals surface area contributed by atoms with E-state index < -0.39 is 5.91 Å². The fourth-order valence-electron chi connectivity index (χ4n) is 1.55. The monoisotopic (exact) mass is 395 g/mol. The maximum atomic E-state index is 11.6. The Morgan fingerprint density at radius 2 is 2.30 bits per heavy atom. The van der Waals surface area contributed by atoms with E-state index in [1.54, 1.807) is 30.4 Å². The van der Waals surface area contributed by atoms with Crippen molar-refractivity contribution >= 4 is 45.1 Å². The third kappa shape index (κ3) is 5.50. The molecule has 1 heterocycles. The Morgan fingerprint density at radius 3 is 3.04 bits per heavy atom. The Balaban J connectivity index is 1.80. The minimum atomic E-state index is -0.446. The first kappa shape index (κ1) is 17.2. The lowest BCUT2D eigenvalue weighted by atomic mass is 10.2. The summed E-state index contributed by atoms with van der Waals surface area (Å²) in [6.07, 6.45) is 1.35. The van der Waals surface area contributed by atoms with Crippen LogP contribution >= 0.6 is 27.3 Å². The van der Waals surface area contributed by atoms with Crippen molar-refractivity contribution in [3.05, 3.63) is 50.6 Å². The van der Waals surface area contributed by atoms with E-state index in [2.05, 4.69) is 31.6 Å². The Bertz CT molecular complexity index is 730. The van der Waals surface area contributed by atoms with Crippen LogP contribution in [0.25, 0.3) is 0 Å². The van der Waals surface area contributed by atoms with Crippen LogP contribution in [0.4, 0.5) is 0 Å². The lowest BCUT2D eigenvalue weighted by Gasteiger charge is -2.01. The van der Waals surface area contributed by atoms with Gasteiger partial charge in [-0.3, -0.25) is 4.79 Å². The minimum absolute atomic E-state index is 0.0682. The molecule has 120 valence electrons. The summed E-state index contributed by atoms with van der Waals surface area (Å²) in [6, 6.07) is 8.74. The van der Waals surface area contributed by atoms with E-state index in [0.717, 1.165) is 9.35 Å². The van der Waals surface area contributed by atoms with Gasteiger partial charge in [0.05, 0.1) is 16.8 Å². The molecule has 0 saturated heterocycles. The van der Waals surface area contributed by atoms with Crippen molar-refractivity contribution in [1.82, 2.24) is 5.43 Å². The zero-order chi connectivity index (χ0) is 16.7. The number of phenolic OH excluding ortho intramolecular Hbond substituents is 1. The van der Waals surface area contributed by atoms with Crippen LogP contribution in [0.15, 0.2) is 50.4 Å². The molecule has 2 aromatic rings. The molecule has 2 N–H and O–H groups in total. The van der Waals surface area contributed by atoms with Crippen molar-refractivity contribution in [3.8, 4) is 5.75 Å². The first-order valence-electron chi connectivity index (χ1n) is 6.57. The normalized spacial score (nSPS) is 11.7. The van der Waals surface area contributed by atoms with Crippen LogP contribution in [0, 0.1) is 0 Å². The lowest BCUT2D eigenvalue weighted by Crippen LogP contribution is -2.22. The number of aromatic hydroxyl groups is 1. The summed E-state index contributed by atoms with van der Waals surface area (Å²) in [7, 11) is 0. The Morgan fingerprint density at radius 1 is 1.48 bits per heavy atom. The summed E-state index contributed by atoms with van der Waals surface area (Å²) in [6.45, 7) is 1.56. The van der Waals surface area contributed by atoms with Crippen LogP contribution in [-0.2, 0) is 9.63 Å². The Kier molecular flexibility index (Phi) is 6.30. The molecule has 0 saturated carbocycles. The fraction of sp³-hybridized carbons (Fsp3) is 0.133. The van der Waals surface area contributed by atoms with E-state index in [1.807, 2.05) is 17.5 Å². The third-order valence-corrected chi connectivity index (χ3v) is 4.13. The van der Waals surface area contributed by atoms with Crippen LogP contribution in [0.2, 0.25) is 0 Å². The van der Waals surface area contributed by atoms with Crippen molar-refractivity contribution < 1.29 is 14.7 Å². The molecule has 0 radical (unpaired) electrons. The number of oxime groups is 1. The molecule has 0 aliphatic carbocycles. The van der Waals surface area contributed by atoms with E-state index in [4.69, 9.17) is 4.84 Å². The van der Waals surface area contributed by atoms with Gasteiger partial charge in [-0.25, -0.2) is 5.43 Å². The molecule has 0 spiro atoms. The number of hydrazone groups is 1. The van der Waals surface area contributed by atoms with Crippen molar-refractivity contribution in [2.24, 2.45) is 10.3 Å². The second-order valence-corrected chi connectivity index (χ2v) is 6.29. The van der Waals surface area contributed by atoms with Gasteiger partial charge < -0.3 is 9.94 Å². The molecule has 6 nitrogen and oxygen atoms in total. The van der Waals surface area contributed by atoms with Crippen LogP contribution in [0.1, 0.15) is 17.4 Å². The first-order chi connectivity index (χ1) is 11.1. The number of carbonyl (C=O) groups is 1. The average molecular weight is 396 g/mol. The van der Waals surface area contributed by atoms with Gasteiger partial charge in [-0.1, -0.05) is 27.2 Å². The maximum absolute atomic E-state index is 11.6. The molecular weight excluding hydrogens is 382 g/mol. The number of benzene rings is 1. The SMILES string of the molecule is CC(=NOCC(=O)NN=Cc1cc(Br)ccc1O)c1cccs1. The van der Waals surface area contributed by atoms with Crippen molar-refractivity contribution in [2.45, 2.75) is 6.92 Å². The summed E-state index contributed by atoms with van der Waals surface area (Å²) in [5, 5.41) is 19.2. The van der Waals surface area contributed by atoms with E-state index >= 15 is 0 Å². The third-order valence-electron chi connectivity index (χ3n) is 2.66. The summed E-state index contributed by atoms with van der Waals surface area (Å²) in [5.74, 6) is -0.378. The van der Waals surface area contributed by atoms with Crippen LogP contribution < -0.4 is 5.43 Å². The summed E-state index contributed by atoms with van der Waals surface area (Å²) in [4.78, 5) is 17.5. The van der Waals surface area contributed by atoms with Gasteiger partial charge in [0, 0.05) is 10.0 Å². The van der Waals surface area contributed by atoms with Gasteiger partial charge in [-0.2, -0.15) is 5.10 Å². The molecule has 0 bridgehead atoms. The summed E-state index contributed by atoms with van der Waals surface area (Å²) >= 11 is 4.83. The predicted octanol–water partition coefficient (Wildman–Crippen LogP) is 3.11. The smallest absolute Gasteiger partial charge is 0.280 e. The number of rotatable bonds is 6. The average Bonchev–Trinajstić information content (AvgIpc) is 3.05. The molecule has 1 amide bonds. The van der Waals surface area contributed by atoms with Crippen LogP contribution in [0.5, 0.6) is 5.75 Å². The summed E-state index contributed by atoms with van der Waals surface area (Å²) < 4.78 is 0.796. The number of carbonyl (C=O) groups excluding carboxylic acids is 1. The molecule has 1 aromatic heterocycles. The molecule has 0 aliphatic rings. The Labute approximate surface area is 145 Å². The highest BCUT2D eigenvalue weighted by Gasteiger charge is 2.03. The van der Waals surface area contributed by atoms with E-state index in [1.165, 1.54) is 12.3 Å². The molecule has 0 atom stereocenters. The van der Waals surface area contributed by atoms with Gasteiger partial charge >= 0.3 is 0 Å². The molecule has 1 aromatic carbocycles. The number of halogens is 1. The molecule has 0 aliphatic heterocycles. The maximum Gasteiger partial charge on any atom is 0.280 e. The van der Waals surface area contributed by atoms with Gasteiger partial charge in [0.25, 0.3) is 5.91 Å². The van der Waals surface area contributed by atoms with Crippen molar-refractivity contribution in [2.75, 3.05) is 6.61 Å². The minimum Gasteiger partial charge on any atom is -0.507 e. The van der Waals surface area contributed by atoms with E-state index in [9.17, 15) is 9.90 Å². The van der Waals surface area contributed by atoms with Crippen LogP contribution in [0.3, 0.4) is 0 Å². The first-order valence-corrected chi connectivity index (χ1v) is 8.24. The number of thiophene rings is 1. The predicted molar refractivity (Wildman–Crippen MR) is 94.0 cm³/mol. The highest BCUT2D eigenvalue weighted by molar-refractivity contribution is 9.10. The lowest BCUT2D eigenvalue weighted by molar-refractivity contribution is -0.125. The number of nitrogens with one attached hydrogen (secondary N) is 1. The fourth-order valence-corrected chi connectivity index (χ4v) is 2.60. The Hall–Kier alpha value is -2.19. The van der Waals surface area contributed by atoms with Gasteiger partial charge in [-0.05, 0) is 36.6 Å². The van der Waals surface area contributed by atoms with Crippen molar-refractivity contribution in [1.29, 1.82) is 0 Å². The standard InChI is InChI=1S/C15H14BrN3O3S/c1-10(14-3-2-6-23-14)19-22-9-15(21)18-17-8-11-7-12(16)4-5-13(11)20/h2-8,20H,9H2,1H3,(H,18,21). The van der Waals surface area contributed by atoms with E-state index in [-0.39, 0.29) is 12.4 Å². The highest BCUT2D eigenvalue weighted by atomic mass is 79.9. The van der Waals surface area contributed by atoms with E-state index in [0.29, 0.717) is 11.3 Å². The number of phenols is 1. The zero-order valence-electron chi connectivity index (χ0n) is 12.2. The quantitative estimate of drug-likeness (QED) is 0.582.